The lowest BCUT2D eigenvalue weighted by molar-refractivity contribution is 0.0311. The lowest BCUT2D eigenvalue weighted by Gasteiger charge is -2.47. The summed E-state index contributed by atoms with van der Waals surface area (Å²) in [6, 6.07) is 13.1. The van der Waals surface area contributed by atoms with Gasteiger partial charge < -0.3 is 5.32 Å². The van der Waals surface area contributed by atoms with Gasteiger partial charge >= 0.3 is 0 Å². The molecule has 2 rings (SSSR count). The molecule has 1 aromatic rings. The largest absolute Gasteiger partial charge is 0.313 e. The van der Waals surface area contributed by atoms with E-state index < -0.39 is 0 Å². The molecular weight excluding hydrogens is 222 g/mol. The third-order valence-electron chi connectivity index (χ3n) is 3.68. The van der Waals surface area contributed by atoms with E-state index in [9.17, 15) is 0 Å². The minimum Gasteiger partial charge on any atom is -0.313 e. The predicted molar refractivity (Wildman–Crippen MR) is 73.0 cm³/mol. The average molecular weight is 243 g/mol. The van der Waals surface area contributed by atoms with Crippen LogP contribution in [0.5, 0.6) is 0 Å². The van der Waals surface area contributed by atoms with E-state index in [1.807, 2.05) is 6.07 Å². The van der Waals surface area contributed by atoms with Crippen LogP contribution in [0.3, 0.4) is 0 Å². The molecule has 1 unspecified atom stereocenters. The van der Waals surface area contributed by atoms with Gasteiger partial charge in [0.1, 0.15) is 0 Å². The zero-order valence-electron chi connectivity index (χ0n) is 11.2. The van der Waals surface area contributed by atoms with Crippen molar-refractivity contribution in [1.29, 1.82) is 5.26 Å². The van der Waals surface area contributed by atoms with Crippen LogP contribution in [0.4, 0.5) is 0 Å². The normalized spacial score (nSPS) is 23.5. The summed E-state index contributed by atoms with van der Waals surface area (Å²) in [7, 11) is 0. The number of nitriles is 1. The first-order valence-electron chi connectivity index (χ1n) is 6.52. The number of benzene rings is 1. The van der Waals surface area contributed by atoms with Crippen LogP contribution in [0.1, 0.15) is 25.8 Å². The summed E-state index contributed by atoms with van der Waals surface area (Å²) in [6.07, 6.45) is 0.587. The monoisotopic (exact) mass is 243 g/mol. The van der Waals surface area contributed by atoms with Crippen molar-refractivity contribution in [2.24, 2.45) is 0 Å². The molecule has 3 nitrogen and oxygen atoms in total. The van der Waals surface area contributed by atoms with E-state index in [0.29, 0.717) is 12.5 Å². The molecule has 0 bridgehead atoms. The van der Waals surface area contributed by atoms with Crippen molar-refractivity contribution in [1.82, 2.24) is 10.2 Å². The highest BCUT2D eigenvalue weighted by molar-refractivity contribution is 5.15. The van der Waals surface area contributed by atoms with Crippen molar-refractivity contribution in [3.05, 3.63) is 35.9 Å². The van der Waals surface area contributed by atoms with Gasteiger partial charge in [0.05, 0.1) is 12.5 Å². The summed E-state index contributed by atoms with van der Waals surface area (Å²) in [5.74, 6) is 0. The summed E-state index contributed by atoms with van der Waals surface area (Å²) in [4.78, 5) is 2.46. The van der Waals surface area contributed by atoms with Gasteiger partial charge in [-0.2, -0.15) is 5.26 Å². The highest BCUT2D eigenvalue weighted by Gasteiger charge is 2.35. The second-order valence-electron chi connectivity index (χ2n) is 5.57. The van der Waals surface area contributed by atoms with E-state index in [4.69, 9.17) is 5.26 Å². The van der Waals surface area contributed by atoms with E-state index in [1.54, 1.807) is 0 Å². The Balaban J connectivity index is 2.16. The smallest absolute Gasteiger partial charge is 0.0638 e. The summed E-state index contributed by atoms with van der Waals surface area (Å²) < 4.78 is 0. The number of hydrogen-bond acceptors (Lipinski definition) is 3. The highest BCUT2D eigenvalue weighted by Crippen LogP contribution is 2.24. The Morgan fingerprint density at radius 3 is 2.78 bits per heavy atom. The second-order valence-corrected chi connectivity index (χ2v) is 5.57. The minimum atomic E-state index is 0.0929. The van der Waals surface area contributed by atoms with Gasteiger partial charge in [-0.25, -0.2) is 0 Å². The van der Waals surface area contributed by atoms with Crippen LogP contribution >= 0.6 is 0 Å². The van der Waals surface area contributed by atoms with Crippen LogP contribution < -0.4 is 5.32 Å². The standard InChI is InChI=1S/C15H21N3/c1-15(2)12-17-10-14(8-9-16)18(15)11-13-6-4-3-5-7-13/h3-7,14,17H,8,10-12H2,1-2H3. The van der Waals surface area contributed by atoms with E-state index in [-0.39, 0.29) is 5.54 Å². The van der Waals surface area contributed by atoms with Crippen LogP contribution in [-0.4, -0.2) is 29.6 Å². The minimum absolute atomic E-state index is 0.0929. The van der Waals surface area contributed by atoms with E-state index in [1.165, 1.54) is 5.56 Å². The molecule has 18 heavy (non-hydrogen) atoms. The molecule has 1 atom stereocenters. The lowest BCUT2D eigenvalue weighted by atomic mass is 9.94. The van der Waals surface area contributed by atoms with Crippen LogP contribution in [0, 0.1) is 11.3 Å². The van der Waals surface area contributed by atoms with E-state index in [0.717, 1.165) is 19.6 Å². The molecule has 0 amide bonds. The number of rotatable bonds is 3. The van der Waals surface area contributed by atoms with Crippen molar-refractivity contribution in [3.63, 3.8) is 0 Å². The zero-order chi connectivity index (χ0) is 13.0. The van der Waals surface area contributed by atoms with Gasteiger partial charge in [-0.05, 0) is 19.4 Å². The molecule has 0 saturated carbocycles. The van der Waals surface area contributed by atoms with Crippen LogP contribution in [0.15, 0.2) is 30.3 Å². The summed E-state index contributed by atoms with van der Waals surface area (Å²) >= 11 is 0. The third-order valence-corrected chi connectivity index (χ3v) is 3.68. The maximum Gasteiger partial charge on any atom is 0.0638 e. The van der Waals surface area contributed by atoms with Crippen molar-refractivity contribution < 1.29 is 0 Å². The number of piperazine rings is 1. The molecule has 1 saturated heterocycles. The van der Waals surface area contributed by atoms with Crippen LogP contribution in [0.25, 0.3) is 0 Å². The molecule has 1 heterocycles. The molecule has 1 aliphatic rings. The Labute approximate surface area is 109 Å². The first-order valence-corrected chi connectivity index (χ1v) is 6.52. The van der Waals surface area contributed by atoms with E-state index in [2.05, 4.69) is 54.4 Å². The zero-order valence-corrected chi connectivity index (χ0v) is 11.2. The van der Waals surface area contributed by atoms with Gasteiger partial charge in [-0.15, -0.1) is 0 Å². The topological polar surface area (TPSA) is 39.1 Å². The molecule has 3 heteroatoms. The number of hydrogen-bond donors (Lipinski definition) is 1. The van der Waals surface area contributed by atoms with Crippen molar-refractivity contribution in [3.8, 4) is 6.07 Å². The van der Waals surface area contributed by atoms with Gasteiger partial charge in [0, 0.05) is 31.2 Å². The van der Waals surface area contributed by atoms with E-state index >= 15 is 0 Å². The number of nitrogens with zero attached hydrogens (tertiary/aromatic N) is 2. The number of nitrogens with one attached hydrogen (secondary N) is 1. The molecular formula is C15H21N3. The molecule has 0 radical (unpaired) electrons. The molecule has 0 aromatic heterocycles. The predicted octanol–water partition coefficient (Wildman–Crippen LogP) is 2.15. The molecule has 96 valence electrons. The second kappa shape index (κ2) is 5.51. The average Bonchev–Trinajstić information content (AvgIpc) is 2.35. The van der Waals surface area contributed by atoms with Crippen LogP contribution in [0.2, 0.25) is 0 Å². The summed E-state index contributed by atoms with van der Waals surface area (Å²) in [5.41, 5.74) is 1.41. The Morgan fingerprint density at radius 1 is 1.39 bits per heavy atom. The van der Waals surface area contributed by atoms with Crippen molar-refractivity contribution in [2.75, 3.05) is 13.1 Å². The molecule has 1 fully saturated rings. The van der Waals surface area contributed by atoms with Crippen molar-refractivity contribution in [2.45, 2.75) is 38.4 Å². The Morgan fingerprint density at radius 2 is 2.11 bits per heavy atom. The molecule has 0 spiro atoms. The molecule has 0 aliphatic carbocycles. The maximum absolute atomic E-state index is 8.97. The SMILES string of the molecule is CC1(C)CNCC(CC#N)N1Cc1ccccc1. The fourth-order valence-corrected chi connectivity index (χ4v) is 2.66. The fraction of sp³-hybridized carbons (Fsp3) is 0.533. The van der Waals surface area contributed by atoms with Gasteiger partial charge in [0.15, 0.2) is 0 Å². The maximum atomic E-state index is 8.97. The molecule has 1 N–H and O–H groups in total. The first-order chi connectivity index (χ1) is 8.63. The Bertz CT molecular complexity index is 419. The van der Waals surface area contributed by atoms with Gasteiger partial charge in [-0.1, -0.05) is 30.3 Å². The Kier molecular flexibility index (Phi) is 4.00. The quantitative estimate of drug-likeness (QED) is 0.884. The molecule has 1 aliphatic heterocycles. The van der Waals surface area contributed by atoms with Crippen LogP contribution in [-0.2, 0) is 6.54 Å². The van der Waals surface area contributed by atoms with Gasteiger partial charge in [0.25, 0.3) is 0 Å². The third kappa shape index (κ3) is 2.90. The van der Waals surface area contributed by atoms with Gasteiger partial charge in [-0.3, -0.25) is 4.90 Å². The van der Waals surface area contributed by atoms with Crippen molar-refractivity contribution >= 4 is 0 Å². The first kappa shape index (κ1) is 13.1. The summed E-state index contributed by atoms with van der Waals surface area (Å²) in [5, 5.41) is 12.4. The lowest BCUT2D eigenvalue weighted by Crippen LogP contribution is -2.62. The highest BCUT2D eigenvalue weighted by atomic mass is 15.3. The molecule has 1 aromatic carbocycles. The fourth-order valence-electron chi connectivity index (χ4n) is 2.66. The van der Waals surface area contributed by atoms with Gasteiger partial charge in [0.2, 0.25) is 0 Å². The Hall–Kier alpha value is -1.37. The summed E-state index contributed by atoms with van der Waals surface area (Å²) in [6.45, 7) is 7.28.